The molecule has 0 bridgehead atoms. The Bertz CT molecular complexity index is 72.1. The lowest BCUT2D eigenvalue weighted by Gasteiger charge is -2.20. The zero-order valence-corrected chi connectivity index (χ0v) is 15.7. The van der Waals surface area contributed by atoms with Crippen molar-refractivity contribution in [2.24, 2.45) is 0 Å². The molecule has 0 spiro atoms. The predicted octanol–water partition coefficient (Wildman–Crippen LogP) is 5.40. The number of hydrogen-bond acceptors (Lipinski definition) is 0. The van der Waals surface area contributed by atoms with Crippen LogP contribution in [0.5, 0.6) is 0 Å². The lowest BCUT2D eigenvalue weighted by Crippen LogP contribution is -1.29. The summed E-state index contributed by atoms with van der Waals surface area (Å²) in [4.78, 5) is 0. The van der Waals surface area contributed by atoms with E-state index in [-0.39, 0.29) is 14.0 Å². The highest BCUT2D eigenvalue weighted by Gasteiger charge is 2.11. The highest BCUT2D eigenvalue weighted by atomic mass is 33.1. The fourth-order valence-electron chi connectivity index (χ4n) is 0.257. The van der Waals surface area contributed by atoms with Gasteiger partial charge in [0.25, 0.3) is 0 Å². The molecule has 0 aliphatic carbocycles. The Hall–Kier alpha value is 4.30. The minimum atomic E-state index is 0.195. The van der Waals surface area contributed by atoms with Crippen molar-refractivity contribution in [3.63, 3.8) is 0 Å². The predicted molar refractivity (Wildman–Crippen MR) is 85.9 cm³/mol. The standard InChI is InChI=1S/H12P10/c1-6-10(9(4)5)7-8(2)3/h6-7H,1-5H2. The van der Waals surface area contributed by atoms with E-state index in [1.54, 1.807) is 0 Å². The van der Waals surface area contributed by atoms with Gasteiger partial charge in [0.15, 0.2) is 0 Å². The number of rotatable bonds is 4. The average Bonchev–Trinajstić information content (AvgIpc) is 1.81. The summed E-state index contributed by atoms with van der Waals surface area (Å²) in [6.45, 7) is 0.730. The highest BCUT2D eigenvalue weighted by Crippen LogP contribution is 3.02. The molecule has 62 valence electrons. The van der Waals surface area contributed by atoms with Crippen LogP contribution in [0.4, 0.5) is 0 Å². The van der Waals surface area contributed by atoms with Crippen LogP contribution < -0.4 is 0 Å². The van der Waals surface area contributed by atoms with E-state index in [0.717, 1.165) is 7.96 Å². The van der Waals surface area contributed by atoms with Crippen LogP contribution in [0.15, 0.2) is 0 Å². The Balaban J connectivity index is 3.60. The van der Waals surface area contributed by atoms with Crippen LogP contribution >= 0.6 is 81.5 Å². The topological polar surface area (TPSA) is 0 Å². The van der Waals surface area contributed by atoms with Crippen molar-refractivity contribution < 1.29 is 0 Å². The maximum Gasteiger partial charge on any atom is -0.0204 e. The molecule has 0 aliphatic heterocycles. The summed E-state index contributed by atoms with van der Waals surface area (Å²) in [6.07, 6.45) is 0. The molecule has 0 aromatic carbocycles. The Morgan fingerprint density at radius 3 is 1.60 bits per heavy atom. The van der Waals surface area contributed by atoms with Gasteiger partial charge in [0.1, 0.15) is 0 Å². The van der Waals surface area contributed by atoms with E-state index in [0.29, 0.717) is 6.99 Å². The van der Waals surface area contributed by atoms with E-state index in [2.05, 4.69) is 44.6 Å². The van der Waals surface area contributed by atoms with Crippen molar-refractivity contribution in [3.05, 3.63) is 0 Å². The molecule has 8 atom stereocenters. The molecular weight excluding hydrogens is 310 g/mol. The molecule has 0 aliphatic rings. The average molecular weight is 322 g/mol. The van der Waals surface area contributed by atoms with Crippen LogP contribution in [0.25, 0.3) is 0 Å². The molecule has 10 heavy (non-hydrogen) atoms. The minimum Gasteiger partial charge on any atom is -0.109 e. The van der Waals surface area contributed by atoms with Crippen molar-refractivity contribution in [3.8, 4) is 0 Å². The van der Waals surface area contributed by atoms with Crippen molar-refractivity contribution in [2.45, 2.75) is 0 Å². The lowest BCUT2D eigenvalue weighted by atomic mass is 28.8. The van der Waals surface area contributed by atoms with Crippen molar-refractivity contribution in [1.82, 2.24) is 0 Å². The second-order valence-corrected chi connectivity index (χ2v) is 35.9. The van der Waals surface area contributed by atoms with Gasteiger partial charge in [0.05, 0.1) is 0 Å². The second-order valence-electron chi connectivity index (χ2n) is 1.33. The number of hydrogen-bond donors (Lipinski definition) is 0. The third-order valence-corrected chi connectivity index (χ3v) is 45.6. The second kappa shape index (κ2) is 8.60. The molecule has 10 heteroatoms. The van der Waals surface area contributed by atoms with Crippen molar-refractivity contribution in [2.75, 3.05) is 0 Å². The van der Waals surface area contributed by atoms with Gasteiger partial charge in [-0.05, 0) is 21.0 Å². The first kappa shape index (κ1) is 14.3. The third kappa shape index (κ3) is 7.68. The maximum atomic E-state index is 2.96. The first-order chi connectivity index (χ1) is 4.57. The van der Waals surface area contributed by atoms with E-state index >= 15 is 0 Å². The monoisotopic (exact) mass is 322 g/mol. The highest BCUT2D eigenvalue weighted by molar-refractivity contribution is 9.08. The molecule has 0 heterocycles. The van der Waals surface area contributed by atoms with Gasteiger partial charge in [-0.2, -0.15) is 0 Å². The molecule has 0 nitrogen and oxygen atoms in total. The molecule has 0 fully saturated rings. The molecule has 0 N–H and O–H groups in total. The summed E-state index contributed by atoms with van der Waals surface area (Å²) in [6, 6.07) is 0. The Kier molecular flexibility index (Phi) is 12.3. The maximum absolute atomic E-state index is 2.96. The summed E-state index contributed by atoms with van der Waals surface area (Å²) in [5.74, 6) is 0. The smallest absolute Gasteiger partial charge is 0.0204 e. The molecular formula is H12P10. The summed E-state index contributed by atoms with van der Waals surface area (Å²) in [7, 11) is 16.9. The normalized spacial score (nSPS) is 17.1. The van der Waals surface area contributed by atoms with Gasteiger partial charge in [-0.1, -0.05) is 15.9 Å². The van der Waals surface area contributed by atoms with Crippen LogP contribution in [0.2, 0.25) is 0 Å². The van der Waals surface area contributed by atoms with E-state index in [9.17, 15) is 0 Å². The largest absolute Gasteiger partial charge is 0.109 e. The zero-order chi connectivity index (χ0) is 8.15. The zero-order valence-electron chi connectivity index (χ0n) is 5.23. The molecule has 8 unspecified atom stereocenters. The van der Waals surface area contributed by atoms with E-state index in [1.165, 1.54) is 7.96 Å². The first-order valence-electron chi connectivity index (χ1n) is 2.19. The van der Waals surface area contributed by atoms with Gasteiger partial charge in [-0.15, -0.1) is 44.6 Å². The summed E-state index contributed by atoms with van der Waals surface area (Å²) >= 11 is 0. The third-order valence-electron chi connectivity index (χ3n) is 0.563. The fourth-order valence-corrected chi connectivity index (χ4v) is 62.3. The summed E-state index contributed by atoms with van der Waals surface area (Å²) in [5.41, 5.74) is 0. The lowest BCUT2D eigenvalue weighted by molar-refractivity contribution is 4.77. The SMILES string of the molecule is PPP(PP(P)P)P(P)P. The quantitative estimate of drug-likeness (QED) is 0.608. The Morgan fingerprint density at radius 1 is 1.00 bits per heavy atom. The molecule has 0 aromatic rings. The van der Waals surface area contributed by atoms with Gasteiger partial charge in [-0.3, -0.25) is 0 Å². The Labute approximate surface area is 81.4 Å². The van der Waals surface area contributed by atoms with Crippen molar-refractivity contribution >= 4 is 81.5 Å². The van der Waals surface area contributed by atoms with Gasteiger partial charge >= 0.3 is 0 Å². The van der Waals surface area contributed by atoms with Gasteiger partial charge in [-0.25, -0.2) is 0 Å². The van der Waals surface area contributed by atoms with Crippen LogP contribution in [0.1, 0.15) is 0 Å². The first-order valence-corrected chi connectivity index (χ1v) is 19.7. The summed E-state index contributed by atoms with van der Waals surface area (Å²) in [5, 5.41) is 0. The molecule has 0 saturated carbocycles. The van der Waals surface area contributed by atoms with E-state index in [1.807, 2.05) is 0 Å². The van der Waals surface area contributed by atoms with E-state index < -0.39 is 0 Å². The van der Waals surface area contributed by atoms with Crippen LogP contribution in [-0.4, -0.2) is 0 Å². The molecule has 0 saturated heterocycles. The Morgan fingerprint density at radius 2 is 1.50 bits per heavy atom. The van der Waals surface area contributed by atoms with Gasteiger partial charge in [0, 0.05) is 0 Å². The molecule has 0 aromatic heterocycles. The van der Waals surface area contributed by atoms with Crippen LogP contribution in [0, 0.1) is 0 Å². The van der Waals surface area contributed by atoms with Crippen LogP contribution in [0.3, 0.4) is 0 Å². The van der Waals surface area contributed by atoms with Gasteiger partial charge < -0.3 is 0 Å². The fraction of sp³-hybridized carbons (Fsp3) is 0. The van der Waals surface area contributed by atoms with Gasteiger partial charge in [0.2, 0.25) is 0 Å². The molecule has 0 amide bonds. The molecule has 0 rings (SSSR count). The minimum absolute atomic E-state index is 0.195. The van der Waals surface area contributed by atoms with E-state index in [4.69, 9.17) is 0 Å². The van der Waals surface area contributed by atoms with Crippen LogP contribution in [-0.2, 0) is 0 Å². The van der Waals surface area contributed by atoms with Crippen molar-refractivity contribution in [1.29, 1.82) is 0 Å². The summed E-state index contributed by atoms with van der Waals surface area (Å²) < 4.78 is 0. The molecule has 0 radical (unpaired) electrons.